The van der Waals surface area contributed by atoms with Gasteiger partial charge in [0.2, 0.25) is 0 Å². The summed E-state index contributed by atoms with van der Waals surface area (Å²) in [4.78, 5) is 37.4. The average Bonchev–Trinajstić information content (AvgIpc) is 3.09. The molecular formula is C42H80NO8P. The van der Waals surface area contributed by atoms with Crippen molar-refractivity contribution < 1.29 is 42.1 Å². The van der Waals surface area contributed by atoms with Crippen LogP contribution in [0.15, 0.2) is 24.3 Å². The number of phosphoric acid groups is 1. The van der Waals surface area contributed by atoms with Gasteiger partial charge in [0.1, 0.15) is 19.8 Å². The van der Waals surface area contributed by atoms with E-state index in [9.17, 15) is 19.0 Å². The van der Waals surface area contributed by atoms with Crippen molar-refractivity contribution in [2.75, 3.05) is 47.5 Å². The van der Waals surface area contributed by atoms with Crippen LogP contribution in [0.4, 0.5) is 0 Å². The quantitative estimate of drug-likeness (QED) is 0.0201. The van der Waals surface area contributed by atoms with Crippen molar-refractivity contribution in [3.8, 4) is 0 Å². The summed E-state index contributed by atoms with van der Waals surface area (Å²) < 4.78 is 33.8. The molecule has 10 heteroatoms. The van der Waals surface area contributed by atoms with Gasteiger partial charge in [0, 0.05) is 12.8 Å². The summed E-state index contributed by atoms with van der Waals surface area (Å²) in [5.74, 6) is -0.854. The molecule has 0 amide bonds. The molecule has 306 valence electrons. The van der Waals surface area contributed by atoms with Crippen LogP contribution in [0.2, 0.25) is 0 Å². The highest BCUT2D eigenvalue weighted by Gasteiger charge is 2.21. The van der Waals surface area contributed by atoms with Crippen molar-refractivity contribution in [3.63, 3.8) is 0 Å². The third-order valence-corrected chi connectivity index (χ3v) is 9.91. The van der Waals surface area contributed by atoms with E-state index in [2.05, 4.69) is 38.2 Å². The molecule has 0 aliphatic rings. The first-order valence-electron chi connectivity index (χ1n) is 21.0. The van der Waals surface area contributed by atoms with Gasteiger partial charge in [-0.1, -0.05) is 134 Å². The van der Waals surface area contributed by atoms with Gasteiger partial charge in [0.25, 0.3) is 7.82 Å². The second-order valence-electron chi connectivity index (χ2n) is 15.3. The van der Waals surface area contributed by atoms with E-state index >= 15 is 0 Å². The van der Waals surface area contributed by atoms with Crippen LogP contribution in [0.1, 0.15) is 181 Å². The number of likely N-dealkylation sites (N-methyl/N-ethyl adjacent to an activating group) is 1. The van der Waals surface area contributed by atoms with E-state index in [1.54, 1.807) is 0 Å². The average molecular weight is 758 g/mol. The van der Waals surface area contributed by atoms with Crippen molar-refractivity contribution in [3.05, 3.63) is 24.3 Å². The minimum atomic E-state index is -4.62. The van der Waals surface area contributed by atoms with Gasteiger partial charge in [-0.3, -0.25) is 14.2 Å². The van der Waals surface area contributed by atoms with Crippen LogP contribution in [-0.2, 0) is 32.7 Å². The number of quaternary nitrogens is 1. The molecule has 0 aromatic rings. The number of nitrogens with zero attached hydrogens (tertiary/aromatic N) is 1. The molecule has 1 unspecified atom stereocenters. The molecule has 0 aliphatic carbocycles. The van der Waals surface area contributed by atoms with Gasteiger partial charge in [0.15, 0.2) is 6.10 Å². The predicted molar refractivity (Wildman–Crippen MR) is 213 cm³/mol. The Bertz CT molecular complexity index is 949. The first-order chi connectivity index (χ1) is 25.0. The summed E-state index contributed by atoms with van der Waals surface area (Å²) in [6.45, 7) is 4.17. The van der Waals surface area contributed by atoms with Crippen LogP contribution in [0.25, 0.3) is 0 Å². The minimum Gasteiger partial charge on any atom is -0.756 e. The predicted octanol–water partition coefficient (Wildman–Crippen LogP) is 10.9. The summed E-state index contributed by atoms with van der Waals surface area (Å²) in [6.07, 6.45) is 36.3. The normalized spacial score (nSPS) is 13.9. The number of hydrogen-bond acceptors (Lipinski definition) is 8. The second kappa shape index (κ2) is 35.2. The van der Waals surface area contributed by atoms with Gasteiger partial charge < -0.3 is 27.9 Å². The highest BCUT2D eigenvalue weighted by Crippen LogP contribution is 2.38. The van der Waals surface area contributed by atoms with Gasteiger partial charge >= 0.3 is 11.9 Å². The SMILES string of the molecule is CCCC/C=C/CCCCCCCCCCCC(=O)O[C@H](COC(=O)CCCCC/C=C/CCCCCCCC)COP(=O)([O-])OCC[N+](C)(C)C. The van der Waals surface area contributed by atoms with Crippen LogP contribution in [0, 0.1) is 0 Å². The van der Waals surface area contributed by atoms with E-state index in [-0.39, 0.29) is 26.1 Å². The molecule has 0 N–H and O–H groups in total. The number of unbranched alkanes of at least 4 members (excludes halogenated alkanes) is 20. The van der Waals surface area contributed by atoms with Crippen LogP contribution in [-0.4, -0.2) is 70.0 Å². The Hall–Kier alpha value is -1.51. The van der Waals surface area contributed by atoms with Gasteiger partial charge in [-0.2, -0.15) is 0 Å². The van der Waals surface area contributed by atoms with E-state index in [1.807, 2.05) is 21.1 Å². The van der Waals surface area contributed by atoms with Gasteiger partial charge in [-0.15, -0.1) is 0 Å². The van der Waals surface area contributed by atoms with E-state index in [1.165, 1.54) is 96.3 Å². The lowest BCUT2D eigenvalue weighted by Gasteiger charge is -2.28. The van der Waals surface area contributed by atoms with Crippen molar-refractivity contribution in [1.29, 1.82) is 0 Å². The van der Waals surface area contributed by atoms with Gasteiger partial charge in [0.05, 0.1) is 27.7 Å². The fourth-order valence-corrected chi connectivity index (χ4v) is 6.30. The molecule has 0 saturated heterocycles. The Balaban J connectivity index is 4.40. The topological polar surface area (TPSA) is 111 Å². The summed E-state index contributed by atoms with van der Waals surface area (Å²) in [6, 6.07) is 0. The highest BCUT2D eigenvalue weighted by molar-refractivity contribution is 7.45. The van der Waals surface area contributed by atoms with E-state index in [0.717, 1.165) is 44.9 Å². The van der Waals surface area contributed by atoms with E-state index in [0.29, 0.717) is 23.9 Å². The molecule has 0 radical (unpaired) electrons. The molecule has 0 bridgehead atoms. The number of ether oxygens (including phenoxy) is 2. The summed E-state index contributed by atoms with van der Waals surface area (Å²) in [7, 11) is 1.16. The third kappa shape index (κ3) is 38.2. The number of carbonyl (C=O) groups excluding carboxylic acids is 2. The van der Waals surface area contributed by atoms with Crippen LogP contribution < -0.4 is 4.89 Å². The number of carbonyl (C=O) groups is 2. The molecule has 2 atom stereocenters. The zero-order valence-electron chi connectivity index (χ0n) is 34.3. The van der Waals surface area contributed by atoms with Crippen molar-refractivity contribution in [2.45, 2.75) is 187 Å². The second-order valence-corrected chi connectivity index (χ2v) is 16.8. The molecule has 0 rings (SSSR count). The molecule has 52 heavy (non-hydrogen) atoms. The molecule has 0 aromatic heterocycles. The molecule has 9 nitrogen and oxygen atoms in total. The zero-order valence-corrected chi connectivity index (χ0v) is 35.2. The number of rotatable bonds is 38. The molecule has 0 fully saturated rings. The van der Waals surface area contributed by atoms with E-state index < -0.39 is 32.5 Å². The Morgan fingerprint density at radius 2 is 1.00 bits per heavy atom. The molecule has 0 aromatic carbocycles. The maximum absolute atomic E-state index is 12.6. The van der Waals surface area contributed by atoms with Crippen molar-refractivity contribution in [2.24, 2.45) is 0 Å². The van der Waals surface area contributed by atoms with Gasteiger partial charge in [-0.05, 0) is 57.8 Å². The standard InChI is InChI=1S/C42H80NO8P/c1-6-8-10-12-14-16-18-20-21-23-25-27-29-31-33-35-42(45)51-40(39-50-52(46,47)49-37-36-43(3,4)5)38-48-41(44)34-32-30-28-26-24-22-19-17-15-13-11-9-7-2/h12,14,22,24,40H,6-11,13,15-21,23,25-39H2,1-5H3/b14-12+,24-22+/t40-/m1/s1. The van der Waals surface area contributed by atoms with Crippen LogP contribution in [0.5, 0.6) is 0 Å². The largest absolute Gasteiger partial charge is 0.756 e. The Labute approximate surface area is 319 Å². The van der Waals surface area contributed by atoms with Crippen molar-refractivity contribution in [1.82, 2.24) is 0 Å². The Morgan fingerprint density at radius 3 is 1.50 bits per heavy atom. The lowest BCUT2D eigenvalue weighted by atomic mass is 10.1. The molecule has 0 aliphatic heterocycles. The minimum absolute atomic E-state index is 0.0323. The van der Waals surface area contributed by atoms with Crippen molar-refractivity contribution >= 4 is 19.8 Å². The fourth-order valence-electron chi connectivity index (χ4n) is 5.57. The lowest BCUT2D eigenvalue weighted by Crippen LogP contribution is -2.37. The van der Waals surface area contributed by atoms with Crippen LogP contribution in [0.3, 0.4) is 0 Å². The highest BCUT2D eigenvalue weighted by atomic mass is 31.2. The summed E-state index contributed by atoms with van der Waals surface area (Å²) >= 11 is 0. The maximum atomic E-state index is 12.6. The summed E-state index contributed by atoms with van der Waals surface area (Å²) in [5.41, 5.74) is 0. The number of hydrogen-bond donors (Lipinski definition) is 0. The smallest absolute Gasteiger partial charge is 0.306 e. The molecule has 0 heterocycles. The molecule has 0 spiro atoms. The molecule has 0 saturated carbocycles. The number of esters is 2. The monoisotopic (exact) mass is 758 g/mol. The van der Waals surface area contributed by atoms with Crippen LogP contribution >= 0.6 is 7.82 Å². The summed E-state index contributed by atoms with van der Waals surface area (Å²) in [5, 5.41) is 0. The van der Waals surface area contributed by atoms with E-state index in [4.69, 9.17) is 18.5 Å². The zero-order chi connectivity index (χ0) is 38.6. The molecular weight excluding hydrogens is 677 g/mol. The number of phosphoric ester groups is 1. The lowest BCUT2D eigenvalue weighted by molar-refractivity contribution is -0.870. The first kappa shape index (κ1) is 50.5. The Morgan fingerprint density at radius 1 is 0.577 bits per heavy atom. The maximum Gasteiger partial charge on any atom is 0.306 e. The van der Waals surface area contributed by atoms with Gasteiger partial charge in [-0.25, -0.2) is 0 Å². The first-order valence-corrected chi connectivity index (χ1v) is 22.5. The fraction of sp³-hybridized carbons (Fsp3) is 0.857. The number of allylic oxidation sites excluding steroid dienone is 4. The third-order valence-electron chi connectivity index (χ3n) is 8.94. The Kier molecular flexibility index (Phi) is 34.2.